The van der Waals surface area contributed by atoms with Gasteiger partial charge in [0.1, 0.15) is 16.6 Å². The smallest absolute Gasteiger partial charge is 0.389 e. The zero-order valence-electron chi connectivity index (χ0n) is 9.01. The molecule has 1 rings (SSSR count). The highest BCUT2D eigenvalue weighted by Gasteiger charge is 2.26. The van der Waals surface area contributed by atoms with Crippen LogP contribution in [0.3, 0.4) is 0 Å². The van der Waals surface area contributed by atoms with Crippen LogP contribution < -0.4 is 11.1 Å². The predicted octanol–water partition coefficient (Wildman–Crippen LogP) is 1.78. The van der Waals surface area contributed by atoms with Gasteiger partial charge >= 0.3 is 6.18 Å². The lowest BCUT2D eigenvalue weighted by molar-refractivity contribution is -0.131. The molecule has 0 unspecified atom stereocenters. The third kappa shape index (κ3) is 4.51. The van der Waals surface area contributed by atoms with E-state index in [1.165, 1.54) is 6.20 Å². The summed E-state index contributed by atoms with van der Waals surface area (Å²) in [4.78, 5) is 7.88. The average molecular weight is 264 g/mol. The largest absolute Gasteiger partial charge is 0.390 e. The molecule has 0 radical (unpaired) electrons. The van der Waals surface area contributed by atoms with Gasteiger partial charge in [0.05, 0.1) is 12.0 Å². The minimum Gasteiger partial charge on any atom is -0.389 e. The molecule has 1 heterocycles. The highest BCUT2D eigenvalue weighted by Crippen LogP contribution is 2.20. The number of nitrogens with one attached hydrogen (secondary N) is 1. The molecule has 0 atom stereocenters. The third-order valence-electron chi connectivity index (χ3n) is 1.88. The standard InChI is InChI=1S/C9H11F3N4S/c1-5-15-4-6(7(13)17)8(16-5)14-3-2-9(10,11)12/h4H,2-3H2,1H3,(H2,13,17)(H,14,15,16). The molecule has 0 bridgehead atoms. The molecule has 0 amide bonds. The maximum absolute atomic E-state index is 12.0. The number of halogens is 3. The Hall–Kier alpha value is -1.44. The number of rotatable bonds is 4. The molecule has 17 heavy (non-hydrogen) atoms. The van der Waals surface area contributed by atoms with Gasteiger partial charge in [0, 0.05) is 12.7 Å². The van der Waals surface area contributed by atoms with Crippen molar-refractivity contribution in [2.75, 3.05) is 11.9 Å². The number of nitrogens with zero attached hydrogens (tertiary/aromatic N) is 2. The molecule has 0 aliphatic heterocycles. The minimum atomic E-state index is -4.21. The molecule has 0 aliphatic carbocycles. The van der Waals surface area contributed by atoms with Crippen molar-refractivity contribution in [3.05, 3.63) is 17.6 Å². The normalized spacial score (nSPS) is 11.3. The zero-order chi connectivity index (χ0) is 13.1. The van der Waals surface area contributed by atoms with E-state index in [-0.39, 0.29) is 17.4 Å². The molecule has 1 aromatic heterocycles. The van der Waals surface area contributed by atoms with E-state index in [9.17, 15) is 13.2 Å². The molecular weight excluding hydrogens is 253 g/mol. The van der Waals surface area contributed by atoms with Crippen molar-refractivity contribution in [3.8, 4) is 0 Å². The fourth-order valence-electron chi connectivity index (χ4n) is 1.11. The molecule has 8 heteroatoms. The molecule has 0 spiro atoms. The molecule has 1 aromatic rings. The molecule has 4 nitrogen and oxygen atoms in total. The van der Waals surface area contributed by atoms with E-state index in [0.717, 1.165) is 0 Å². The maximum Gasteiger partial charge on any atom is 0.390 e. The predicted molar refractivity (Wildman–Crippen MR) is 61.8 cm³/mol. The van der Waals surface area contributed by atoms with Crippen LogP contribution in [0, 0.1) is 6.92 Å². The molecule has 94 valence electrons. The number of hydrogen-bond donors (Lipinski definition) is 2. The second kappa shape index (κ2) is 5.26. The molecule has 0 aromatic carbocycles. The van der Waals surface area contributed by atoms with Crippen molar-refractivity contribution in [2.24, 2.45) is 5.73 Å². The van der Waals surface area contributed by atoms with Crippen LogP contribution in [0.25, 0.3) is 0 Å². The van der Waals surface area contributed by atoms with Gasteiger partial charge in [-0.05, 0) is 6.92 Å². The van der Waals surface area contributed by atoms with Gasteiger partial charge < -0.3 is 11.1 Å². The fourth-order valence-corrected chi connectivity index (χ4v) is 1.26. The second-order valence-electron chi connectivity index (χ2n) is 3.34. The van der Waals surface area contributed by atoms with E-state index < -0.39 is 12.6 Å². The van der Waals surface area contributed by atoms with Gasteiger partial charge in [-0.25, -0.2) is 9.97 Å². The SMILES string of the molecule is Cc1ncc(C(N)=S)c(NCCC(F)(F)F)n1. The summed E-state index contributed by atoms with van der Waals surface area (Å²) in [5.41, 5.74) is 5.75. The molecule has 3 N–H and O–H groups in total. The Labute approximate surface area is 101 Å². The number of nitrogens with two attached hydrogens (primary N) is 1. The van der Waals surface area contributed by atoms with Crippen molar-refractivity contribution in [2.45, 2.75) is 19.5 Å². The monoisotopic (exact) mass is 264 g/mol. The lowest BCUT2D eigenvalue weighted by Gasteiger charge is -2.11. The van der Waals surface area contributed by atoms with E-state index in [1.54, 1.807) is 6.92 Å². The minimum absolute atomic E-state index is 0.0412. The van der Waals surface area contributed by atoms with Crippen LogP contribution in [0.2, 0.25) is 0 Å². The Balaban J connectivity index is 2.75. The summed E-state index contributed by atoms with van der Waals surface area (Å²) in [5.74, 6) is 0.661. The van der Waals surface area contributed by atoms with Gasteiger partial charge in [-0.15, -0.1) is 0 Å². The van der Waals surface area contributed by atoms with Crippen LogP contribution in [0.5, 0.6) is 0 Å². The maximum atomic E-state index is 12.0. The fraction of sp³-hybridized carbons (Fsp3) is 0.444. The van der Waals surface area contributed by atoms with E-state index in [2.05, 4.69) is 15.3 Å². The van der Waals surface area contributed by atoms with Gasteiger partial charge in [0.15, 0.2) is 0 Å². The van der Waals surface area contributed by atoms with Gasteiger partial charge in [0.25, 0.3) is 0 Å². The summed E-state index contributed by atoms with van der Waals surface area (Å²) in [6, 6.07) is 0. The summed E-state index contributed by atoms with van der Waals surface area (Å²) in [6.45, 7) is 1.34. The zero-order valence-corrected chi connectivity index (χ0v) is 9.82. The topological polar surface area (TPSA) is 63.8 Å². The number of alkyl halides is 3. The van der Waals surface area contributed by atoms with Crippen LogP contribution in [0.4, 0.5) is 19.0 Å². The molecule has 0 aliphatic rings. The first-order chi connectivity index (χ1) is 7.79. The Morgan fingerprint density at radius 3 is 2.71 bits per heavy atom. The highest BCUT2D eigenvalue weighted by molar-refractivity contribution is 7.80. The quantitative estimate of drug-likeness (QED) is 0.812. The van der Waals surface area contributed by atoms with Crippen molar-refractivity contribution in [3.63, 3.8) is 0 Å². The van der Waals surface area contributed by atoms with E-state index in [0.29, 0.717) is 11.4 Å². The lowest BCUT2D eigenvalue weighted by atomic mass is 10.3. The van der Waals surface area contributed by atoms with Crippen LogP contribution >= 0.6 is 12.2 Å². The number of thiocarbonyl (C=S) groups is 1. The number of aromatic nitrogens is 2. The van der Waals surface area contributed by atoms with Crippen molar-refractivity contribution >= 4 is 23.0 Å². The molecular formula is C9H11F3N4S. The Morgan fingerprint density at radius 1 is 1.53 bits per heavy atom. The van der Waals surface area contributed by atoms with Gasteiger partial charge in [0.2, 0.25) is 0 Å². The number of anilines is 1. The average Bonchev–Trinajstić information content (AvgIpc) is 2.15. The molecule has 0 saturated heterocycles. The van der Waals surface area contributed by atoms with Crippen molar-refractivity contribution in [1.29, 1.82) is 0 Å². The second-order valence-corrected chi connectivity index (χ2v) is 3.78. The lowest BCUT2D eigenvalue weighted by Crippen LogP contribution is -2.19. The summed E-state index contributed by atoms with van der Waals surface area (Å²) < 4.78 is 35.9. The van der Waals surface area contributed by atoms with Crippen molar-refractivity contribution < 1.29 is 13.2 Å². The van der Waals surface area contributed by atoms with Gasteiger partial charge in [-0.1, -0.05) is 12.2 Å². The summed E-state index contributed by atoms with van der Waals surface area (Å²) in [7, 11) is 0. The van der Waals surface area contributed by atoms with Crippen LogP contribution in [-0.4, -0.2) is 27.7 Å². The summed E-state index contributed by atoms with van der Waals surface area (Å²) in [6.07, 6.45) is -3.77. The van der Waals surface area contributed by atoms with E-state index in [1.807, 2.05) is 0 Å². The first-order valence-corrected chi connectivity index (χ1v) is 5.14. The molecule has 0 fully saturated rings. The summed E-state index contributed by atoms with van der Waals surface area (Å²) in [5, 5.41) is 2.55. The Kier molecular flexibility index (Phi) is 4.22. The van der Waals surface area contributed by atoms with Gasteiger partial charge in [-0.3, -0.25) is 0 Å². The van der Waals surface area contributed by atoms with E-state index in [4.69, 9.17) is 18.0 Å². The van der Waals surface area contributed by atoms with Gasteiger partial charge in [-0.2, -0.15) is 13.2 Å². The molecule has 0 saturated carbocycles. The van der Waals surface area contributed by atoms with Crippen LogP contribution in [0.1, 0.15) is 17.8 Å². The number of aryl methyl sites for hydroxylation is 1. The Morgan fingerprint density at radius 2 is 2.18 bits per heavy atom. The summed E-state index contributed by atoms with van der Waals surface area (Å²) >= 11 is 4.75. The van der Waals surface area contributed by atoms with Crippen molar-refractivity contribution in [1.82, 2.24) is 9.97 Å². The third-order valence-corrected chi connectivity index (χ3v) is 2.10. The number of hydrogen-bond acceptors (Lipinski definition) is 4. The first kappa shape index (κ1) is 13.6. The van der Waals surface area contributed by atoms with E-state index >= 15 is 0 Å². The highest BCUT2D eigenvalue weighted by atomic mass is 32.1. The Bertz CT molecular complexity index is 419. The van der Waals surface area contributed by atoms with Crippen LogP contribution in [-0.2, 0) is 0 Å². The first-order valence-electron chi connectivity index (χ1n) is 4.73. The van der Waals surface area contributed by atoms with Crippen LogP contribution in [0.15, 0.2) is 6.20 Å².